The molecule has 0 bridgehead atoms. The van der Waals surface area contributed by atoms with Crippen LogP contribution in [0.3, 0.4) is 0 Å². The number of aromatic amines is 1. The molecular formula is C20H19N7O3. The maximum atomic E-state index is 12.7. The largest absolute Gasteiger partial charge is 0.497 e. The summed E-state index contributed by atoms with van der Waals surface area (Å²) in [4.78, 5) is 28.4. The molecule has 1 amide bonds. The Balaban J connectivity index is 1.71. The molecule has 30 heavy (non-hydrogen) atoms. The Hall–Kier alpha value is -3.95. The first-order valence-electron chi connectivity index (χ1n) is 9.36. The molecule has 1 atom stereocenters. The second kappa shape index (κ2) is 6.83. The molecule has 0 saturated carbocycles. The van der Waals surface area contributed by atoms with Crippen molar-refractivity contribution in [2.45, 2.75) is 19.3 Å². The Morgan fingerprint density at radius 2 is 2.03 bits per heavy atom. The summed E-state index contributed by atoms with van der Waals surface area (Å²) < 4.78 is 12.5. The van der Waals surface area contributed by atoms with Crippen LogP contribution >= 0.6 is 0 Å². The smallest absolute Gasteiger partial charge is 0.226 e. The summed E-state index contributed by atoms with van der Waals surface area (Å²) in [5, 5.41) is 7.66. The van der Waals surface area contributed by atoms with E-state index in [9.17, 15) is 4.79 Å². The molecule has 4 aromatic rings. The van der Waals surface area contributed by atoms with E-state index in [1.807, 2.05) is 25.1 Å². The van der Waals surface area contributed by atoms with Gasteiger partial charge >= 0.3 is 0 Å². The van der Waals surface area contributed by atoms with Crippen LogP contribution in [0.5, 0.6) is 11.5 Å². The first-order valence-corrected chi connectivity index (χ1v) is 9.36. The minimum Gasteiger partial charge on any atom is -0.497 e. The van der Waals surface area contributed by atoms with E-state index in [2.05, 4.69) is 25.3 Å². The van der Waals surface area contributed by atoms with Gasteiger partial charge in [-0.1, -0.05) is 6.07 Å². The summed E-state index contributed by atoms with van der Waals surface area (Å²) in [5.74, 6) is 2.12. The van der Waals surface area contributed by atoms with Crippen LogP contribution in [0.4, 0.5) is 5.82 Å². The standard InChI is InChI=1S/C20H19N7O3/c1-10-16-13(12-5-4-11(29-2)6-14(12)30-3)7-15(28)25-19(16)27(26-10)20-17-18(22-8-21-17)23-9-24-20/h4-6,8-9,13H,7H2,1-3H3,(H,25,28)(H,21,22,23,24). The third-order valence-electron chi connectivity index (χ3n) is 5.32. The van der Waals surface area contributed by atoms with Gasteiger partial charge in [0.2, 0.25) is 5.91 Å². The molecule has 4 heterocycles. The van der Waals surface area contributed by atoms with Crippen LogP contribution in [0.1, 0.15) is 29.2 Å². The molecule has 2 N–H and O–H groups in total. The highest BCUT2D eigenvalue weighted by Crippen LogP contribution is 2.44. The van der Waals surface area contributed by atoms with Crippen molar-refractivity contribution < 1.29 is 14.3 Å². The van der Waals surface area contributed by atoms with Gasteiger partial charge in [-0.2, -0.15) is 9.78 Å². The minimum atomic E-state index is -0.220. The van der Waals surface area contributed by atoms with Gasteiger partial charge in [-0.3, -0.25) is 4.79 Å². The SMILES string of the molecule is COc1ccc(C2CC(=O)Nc3c2c(C)nn3-c2ncnc3nc[nH]c23)c(OC)c1. The molecule has 0 saturated heterocycles. The van der Waals surface area contributed by atoms with Gasteiger partial charge in [0.15, 0.2) is 11.5 Å². The number of carbonyl (C=O) groups is 1. The number of hydrogen-bond donors (Lipinski definition) is 2. The number of anilines is 1. The number of amides is 1. The van der Waals surface area contributed by atoms with Crippen molar-refractivity contribution in [1.29, 1.82) is 0 Å². The number of imidazole rings is 1. The summed E-state index contributed by atoms with van der Waals surface area (Å²) in [7, 11) is 3.21. The van der Waals surface area contributed by atoms with Crippen molar-refractivity contribution in [3.8, 4) is 17.3 Å². The number of carbonyl (C=O) groups excluding carboxylic acids is 1. The number of aryl methyl sites for hydroxylation is 1. The molecular weight excluding hydrogens is 386 g/mol. The quantitative estimate of drug-likeness (QED) is 0.535. The maximum Gasteiger partial charge on any atom is 0.226 e. The highest BCUT2D eigenvalue weighted by molar-refractivity contribution is 5.95. The molecule has 0 aliphatic carbocycles. The summed E-state index contributed by atoms with van der Waals surface area (Å²) >= 11 is 0. The number of ether oxygens (including phenoxy) is 2. The van der Waals surface area contributed by atoms with Crippen LogP contribution in [-0.2, 0) is 4.79 Å². The fourth-order valence-corrected chi connectivity index (χ4v) is 3.99. The number of aromatic nitrogens is 6. The van der Waals surface area contributed by atoms with Crippen LogP contribution in [-0.4, -0.2) is 49.8 Å². The lowest BCUT2D eigenvalue weighted by Gasteiger charge is -2.25. The molecule has 10 heteroatoms. The minimum absolute atomic E-state index is 0.110. The Labute approximate surface area is 171 Å². The summed E-state index contributed by atoms with van der Waals surface area (Å²) in [5.41, 5.74) is 3.77. The summed E-state index contributed by atoms with van der Waals surface area (Å²) in [6.45, 7) is 1.92. The van der Waals surface area contributed by atoms with Gasteiger partial charge in [0.1, 0.15) is 29.2 Å². The molecule has 1 aromatic carbocycles. The van der Waals surface area contributed by atoms with Crippen molar-refractivity contribution in [2.24, 2.45) is 0 Å². The Bertz CT molecular complexity index is 1280. The Kier molecular flexibility index (Phi) is 4.12. The van der Waals surface area contributed by atoms with Crippen molar-refractivity contribution in [3.63, 3.8) is 0 Å². The number of methoxy groups -OCH3 is 2. The van der Waals surface area contributed by atoms with E-state index in [1.54, 1.807) is 25.2 Å². The average Bonchev–Trinajstić information content (AvgIpc) is 3.37. The zero-order valence-corrected chi connectivity index (χ0v) is 16.6. The molecule has 1 unspecified atom stereocenters. The van der Waals surface area contributed by atoms with Gasteiger partial charge in [0.25, 0.3) is 0 Å². The van der Waals surface area contributed by atoms with Crippen molar-refractivity contribution >= 4 is 22.9 Å². The monoisotopic (exact) mass is 405 g/mol. The lowest BCUT2D eigenvalue weighted by Crippen LogP contribution is -2.25. The van der Waals surface area contributed by atoms with Crippen molar-refractivity contribution in [3.05, 3.63) is 47.7 Å². The lowest BCUT2D eigenvalue weighted by molar-refractivity contribution is -0.116. The average molecular weight is 405 g/mol. The highest BCUT2D eigenvalue weighted by Gasteiger charge is 2.35. The second-order valence-electron chi connectivity index (χ2n) is 6.97. The fraction of sp³-hybridized carbons (Fsp3) is 0.250. The van der Waals surface area contributed by atoms with Crippen LogP contribution in [0.25, 0.3) is 17.0 Å². The number of benzene rings is 1. The number of nitrogens with one attached hydrogen (secondary N) is 2. The number of H-pyrrole nitrogens is 1. The van der Waals surface area contributed by atoms with E-state index in [1.165, 1.54) is 6.33 Å². The van der Waals surface area contributed by atoms with Crippen LogP contribution in [0.15, 0.2) is 30.9 Å². The van der Waals surface area contributed by atoms with E-state index < -0.39 is 0 Å². The molecule has 0 radical (unpaired) electrons. The lowest BCUT2D eigenvalue weighted by atomic mass is 9.85. The van der Waals surface area contributed by atoms with Crippen molar-refractivity contribution in [1.82, 2.24) is 29.7 Å². The van der Waals surface area contributed by atoms with E-state index >= 15 is 0 Å². The molecule has 5 rings (SSSR count). The van der Waals surface area contributed by atoms with Crippen LogP contribution in [0.2, 0.25) is 0 Å². The predicted molar refractivity (Wildman–Crippen MR) is 108 cm³/mol. The normalized spacial score (nSPS) is 15.7. The number of rotatable bonds is 4. The molecule has 10 nitrogen and oxygen atoms in total. The zero-order valence-electron chi connectivity index (χ0n) is 16.6. The van der Waals surface area contributed by atoms with Crippen LogP contribution < -0.4 is 14.8 Å². The highest BCUT2D eigenvalue weighted by atomic mass is 16.5. The fourth-order valence-electron chi connectivity index (χ4n) is 3.99. The van der Waals surface area contributed by atoms with E-state index in [-0.39, 0.29) is 18.2 Å². The topological polar surface area (TPSA) is 120 Å². The molecule has 0 fully saturated rings. The van der Waals surface area contributed by atoms with Gasteiger partial charge in [-0.15, -0.1) is 0 Å². The number of nitrogens with zero attached hydrogens (tertiary/aromatic N) is 5. The Morgan fingerprint density at radius 3 is 2.83 bits per heavy atom. The molecule has 1 aliphatic heterocycles. The van der Waals surface area contributed by atoms with Crippen LogP contribution in [0, 0.1) is 6.92 Å². The summed E-state index contributed by atoms with van der Waals surface area (Å²) in [6, 6.07) is 5.61. The molecule has 0 spiro atoms. The van der Waals surface area contributed by atoms with E-state index in [0.717, 1.165) is 16.8 Å². The molecule has 3 aromatic heterocycles. The number of fused-ring (bicyclic) bond motifs is 2. The van der Waals surface area contributed by atoms with E-state index in [0.29, 0.717) is 34.3 Å². The third-order valence-corrected chi connectivity index (χ3v) is 5.32. The summed E-state index contributed by atoms with van der Waals surface area (Å²) in [6.07, 6.45) is 3.26. The zero-order chi connectivity index (χ0) is 20.8. The number of hydrogen-bond acceptors (Lipinski definition) is 7. The third kappa shape index (κ3) is 2.68. The molecule has 152 valence electrons. The predicted octanol–water partition coefficient (Wildman–Crippen LogP) is 2.34. The van der Waals surface area contributed by atoms with Gasteiger partial charge in [-0.05, 0) is 13.0 Å². The Morgan fingerprint density at radius 1 is 1.17 bits per heavy atom. The van der Waals surface area contributed by atoms with Crippen molar-refractivity contribution in [2.75, 3.05) is 19.5 Å². The maximum absolute atomic E-state index is 12.7. The molecule has 1 aliphatic rings. The van der Waals surface area contributed by atoms with E-state index in [4.69, 9.17) is 14.6 Å². The van der Waals surface area contributed by atoms with Gasteiger partial charge < -0.3 is 19.8 Å². The second-order valence-corrected chi connectivity index (χ2v) is 6.97. The van der Waals surface area contributed by atoms with Gasteiger partial charge in [0.05, 0.1) is 26.2 Å². The van der Waals surface area contributed by atoms with Gasteiger partial charge in [0, 0.05) is 29.5 Å². The first kappa shape index (κ1) is 18.1. The first-order chi connectivity index (χ1) is 14.6. The van der Waals surface area contributed by atoms with Gasteiger partial charge in [-0.25, -0.2) is 15.0 Å².